The molecular formula is C18H21FN2O3. The first-order valence-electron chi connectivity index (χ1n) is 7.71. The number of carbonyl (C=O) groups excluding carboxylic acids is 1. The average molecular weight is 332 g/mol. The number of halogens is 1. The Labute approximate surface area is 140 Å². The number of nitrogens with one attached hydrogen (secondary N) is 2. The third-order valence-electron chi connectivity index (χ3n) is 3.35. The second kappa shape index (κ2) is 9.39. The Hall–Kier alpha value is -2.76. The molecule has 2 amide bonds. The summed E-state index contributed by atoms with van der Waals surface area (Å²) in [5.74, 6) is 0.563. The molecule has 6 heteroatoms. The average Bonchev–Trinajstić information content (AvgIpc) is 2.60. The van der Waals surface area contributed by atoms with E-state index >= 15 is 0 Å². The van der Waals surface area contributed by atoms with Crippen LogP contribution in [-0.4, -0.2) is 32.8 Å². The van der Waals surface area contributed by atoms with E-state index in [1.54, 1.807) is 25.3 Å². The number of hydrogen-bond donors (Lipinski definition) is 2. The van der Waals surface area contributed by atoms with Gasteiger partial charge in [0.15, 0.2) is 11.6 Å². The van der Waals surface area contributed by atoms with Crippen molar-refractivity contribution >= 4 is 6.03 Å². The van der Waals surface area contributed by atoms with Crippen molar-refractivity contribution in [3.05, 3.63) is 59.9 Å². The topological polar surface area (TPSA) is 59.6 Å². The zero-order valence-corrected chi connectivity index (χ0v) is 13.5. The first kappa shape index (κ1) is 17.6. The fourth-order valence-corrected chi connectivity index (χ4v) is 2.17. The minimum Gasteiger partial charge on any atom is -0.496 e. The first-order chi connectivity index (χ1) is 11.7. The molecule has 0 heterocycles. The number of benzene rings is 2. The van der Waals surface area contributed by atoms with E-state index in [4.69, 9.17) is 9.47 Å². The maximum atomic E-state index is 13.3. The van der Waals surface area contributed by atoms with E-state index in [1.807, 2.05) is 24.3 Å². The summed E-state index contributed by atoms with van der Waals surface area (Å²) in [4.78, 5) is 11.7. The molecule has 0 radical (unpaired) electrons. The van der Waals surface area contributed by atoms with Gasteiger partial charge in [-0.2, -0.15) is 0 Å². The maximum absolute atomic E-state index is 13.3. The molecule has 2 aromatic carbocycles. The van der Waals surface area contributed by atoms with Crippen molar-refractivity contribution in [3.8, 4) is 11.5 Å². The Morgan fingerprint density at radius 2 is 1.67 bits per heavy atom. The van der Waals surface area contributed by atoms with Crippen LogP contribution in [0.15, 0.2) is 48.5 Å². The molecule has 0 spiro atoms. The van der Waals surface area contributed by atoms with Crippen molar-refractivity contribution in [2.24, 2.45) is 0 Å². The molecule has 0 aromatic heterocycles. The number of carbonyl (C=O) groups is 1. The zero-order valence-electron chi connectivity index (χ0n) is 13.5. The van der Waals surface area contributed by atoms with E-state index in [2.05, 4.69) is 10.6 Å². The second-order valence-corrected chi connectivity index (χ2v) is 5.02. The highest BCUT2D eigenvalue weighted by Gasteiger charge is 2.04. The SMILES string of the molecule is COc1ccccc1CCNC(=O)NCCOc1ccccc1F. The number of methoxy groups -OCH3 is 1. The van der Waals surface area contributed by atoms with Crippen molar-refractivity contribution in [2.75, 3.05) is 26.8 Å². The molecule has 0 atom stereocenters. The number of amides is 2. The largest absolute Gasteiger partial charge is 0.496 e. The standard InChI is InChI=1S/C18H21FN2O3/c1-23-16-8-4-2-6-14(16)10-11-20-18(22)21-12-13-24-17-9-5-3-7-15(17)19/h2-9H,10-13H2,1H3,(H2,20,21,22). The summed E-state index contributed by atoms with van der Waals surface area (Å²) in [6.45, 7) is 0.968. The molecule has 0 aliphatic rings. The lowest BCUT2D eigenvalue weighted by Gasteiger charge is -2.11. The Bertz CT molecular complexity index is 664. The van der Waals surface area contributed by atoms with Gasteiger partial charge in [0, 0.05) is 6.54 Å². The quantitative estimate of drug-likeness (QED) is 0.731. The Morgan fingerprint density at radius 1 is 1.00 bits per heavy atom. The van der Waals surface area contributed by atoms with Gasteiger partial charge in [0.1, 0.15) is 12.4 Å². The summed E-state index contributed by atoms with van der Waals surface area (Å²) in [6.07, 6.45) is 0.670. The Balaban J connectivity index is 1.62. The van der Waals surface area contributed by atoms with Gasteiger partial charge in [-0.1, -0.05) is 30.3 Å². The van der Waals surface area contributed by atoms with Gasteiger partial charge in [-0.3, -0.25) is 0 Å². The predicted octanol–water partition coefficient (Wildman–Crippen LogP) is 2.76. The molecule has 24 heavy (non-hydrogen) atoms. The lowest BCUT2D eigenvalue weighted by atomic mass is 10.1. The lowest BCUT2D eigenvalue weighted by molar-refractivity contribution is 0.236. The molecule has 0 unspecified atom stereocenters. The second-order valence-electron chi connectivity index (χ2n) is 5.02. The fourth-order valence-electron chi connectivity index (χ4n) is 2.17. The summed E-state index contributed by atoms with van der Waals surface area (Å²) in [5.41, 5.74) is 1.03. The van der Waals surface area contributed by atoms with Crippen molar-refractivity contribution in [1.29, 1.82) is 0 Å². The van der Waals surface area contributed by atoms with Crippen LogP contribution in [0.25, 0.3) is 0 Å². The van der Waals surface area contributed by atoms with Crippen molar-refractivity contribution in [2.45, 2.75) is 6.42 Å². The van der Waals surface area contributed by atoms with E-state index in [0.29, 0.717) is 13.0 Å². The Morgan fingerprint density at radius 3 is 2.42 bits per heavy atom. The van der Waals surface area contributed by atoms with Crippen molar-refractivity contribution in [1.82, 2.24) is 10.6 Å². The summed E-state index contributed by atoms with van der Waals surface area (Å²) in [6, 6.07) is 13.5. The molecule has 128 valence electrons. The summed E-state index contributed by atoms with van der Waals surface area (Å²) < 4.78 is 23.8. The predicted molar refractivity (Wildman–Crippen MR) is 90.0 cm³/mol. The summed E-state index contributed by atoms with van der Waals surface area (Å²) >= 11 is 0. The van der Waals surface area contributed by atoms with Crippen LogP contribution in [0, 0.1) is 5.82 Å². The first-order valence-corrected chi connectivity index (χ1v) is 7.71. The van der Waals surface area contributed by atoms with Gasteiger partial charge in [-0.05, 0) is 30.2 Å². The van der Waals surface area contributed by atoms with Crippen LogP contribution in [0.5, 0.6) is 11.5 Å². The van der Waals surface area contributed by atoms with Crippen LogP contribution in [0.3, 0.4) is 0 Å². The summed E-state index contributed by atoms with van der Waals surface area (Å²) in [5, 5.41) is 5.42. The minimum atomic E-state index is -0.418. The smallest absolute Gasteiger partial charge is 0.314 e. The molecule has 2 rings (SSSR count). The molecule has 0 fully saturated rings. The monoisotopic (exact) mass is 332 g/mol. The lowest BCUT2D eigenvalue weighted by Crippen LogP contribution is -2.38. The van der Waals surface area contributed by atoms with Crippen molar-refractivity contribution < 1.29 is 18.7 Å². The molecule has 2 N–H and O–H groups in total. The van der Waals surface area contributed by atoms with Gasteiger partial charge >= 0.3 is 6.03 Å². The molecule has 2 aromatic rings. The number of ether oxygens (including phenoxy) is 2. The number of para-hydroxylation sites is 2. The molecule has 0 saturated carbocycles. The van der Waals surface area contributed by atoms with E-state index in [9.17, 15) is 9.18 Å². The van der Waals surface area contributed by atoms with Gasteiger partial charge in [0.05, 0.1) is 13.7 Å². The Kier molecular flexibility index (Phi) is 6.89. The highest BCUT2D eigenvalue weighted by Crippen LogP contribution is 2.17. The molecule has 0 saturated heterocycles. The van der Waals surface area contributed by atoms with Gasteiger partial charge in [-0.25, -0.2) is 9.18 Å². The van der Waals surface area contributed by atoms with E-state index in [-0.39, 0.29) is 24.9 Å². The third-order valence-corrected chi connectivity index (χ3v) is 3.35. The van der Waals surface area contributed by atoms with Crippen LogP contribution in [0.2, 0.25) is 0 Å². The van der Waals surface area contributed by atoms with E-state index in [0.717, 1.165) is 11.3 Å². The highest BCUT2D eigenvalue weighted by molar-refractivity contribution is 5.73. The molecule has 0 bridgehead atoms. The van der Waals surface area contributed by atoms with Crippen molar-refractivity contribution in [3.63, 3.8) is 0 Å². The molecular weight excluding hydrogens is 311 g/mol. The van der Waals surface area contributed by atoms with Gasteiger partial charge in [0.2, 0.25) is 0 Å². The normalized spacial score (nSPS) is 10.1. The highest BCUT2D eigenvalue weighted by atomic mass is 19.1. The molecule has 0 aliphatic heterocycles. The van der Waals surface area contributed by atoms with Gasteiger partial charge in [0.25, 0.3) is 0 Å². The molecule has 0 aliphatic carbocycles. The number of rotatable bonds is 8. The van der Waals surface area contributed by atoms with Crippen LogP contribution in [0.1, 0.15) is 5.56 Å². The van der Waals surface area contributed by atoms with Crippen LogP contribution >= 0.6 is 0 Å². The number of urea groups is 1. The van der Waals surface area contributed by atoms with E-state index < -0.39 is 5.82 Å². The van der Waals surface area contributed by atoms with Crippen LogP contribution < -0.4 is 20.1 Å². The third kappa shape index (κ3) is 5.46. The minimum absolute atomic E-state index is 0.177. The summed E-state index contributed by atoms with van der Waals surface area (Å²) in [7, 11) is 1.62. The van der Waals surface area contributed by atoms with E-state index in [1.165, 1.54) is 6.07 Å². The maximum Gasteiger partial charge on any atom is 0.314 e. The van der Waals surface area contributed by atoms with Crippen LogP contribution in [0.4, 0.5) is 9.18 Å². The van der Waals surface area contributed by atoms with Gasteiger partial charge < -0.3 is 20.1 Å². The number of hydrogen-bond acceptors (Lipinski definition) is 3. The van der Waals surface area contributed by atoms with Gasteiger partial charge in [-0.15, -0.1) is 0 Å². The zero-order chi connectivity index (χ0) is 17.2. The fraction of sp³-hybridized carbons (Fsp3) is 0.278. The van der Waals surface area contributed by atoms with Crippen LogP contribution in [-0.2, 0) is 6.42 Å². The molecule has 5 nitrogen and oxygen atoms in total.